The molecule has 8 heteroatoms. The fourth-order valence-corrected chi connectivity index (χ4v) is 4.94. The fourth-order valence-electron chi connectivity index (χ4n) is 3.17. The van der Waals surface area contributed by atoms with E-state index in [9.17, 15) is 8.42 Å². The number of para-hydroxylation sites is 1. The van der Waals surface area contributed by atoms with Gasteiger partial charge in [-0.3, -0.25) is 4.98 Å². The van der Waals surface area contributed by atoms with E-state index in [-0.39, 0.29) is 17.4 Å². The van der Waals surface area contributed by atoms with E-state index < -0.39 is 15.4 Å². The number of pyridine rings is 1. The highest BCUT2D eigenvalue weighted by Crippen LogP contribution is 2.42. The van der Waals surface area contributed by atoms with Crippen molar-refractivity contribution in [3.63, 3.8) is 0 Å². The Hall–Kier alpha value is -2.74. The van der Waals surface area contributed by atoms with E-state index in [0.29, 0.717) is 11.3 Å². The summed E-state index contributed by atoms with van der Waals surface area (Å²) in [6.07, 6.45) is 3.19. The van der Waals surface area contributed by atoms with Crippen molar-refractivity contribution < 1.29 is 8.42 Å². The van der Waals surface area contributed by atoms with Crippen LogP contribution in [-0.4, -0.2) is 29.9 Å². The van der Waals surface area contributed by atoms with Gasteiger partial charge in [-0.05, 0) is 12.1 Å². The first-order valence-electron chi connectivity index (χ1n) is 7.80. The van der Waals surface area contributed by atoms with Crippen LogP contribution in [0, 0.1) is 0 Å². The molecule has 1 aromatic carbocycles. The normalized spacial score (nSPS) is 16.2. The van der Waals surface area contributed by atoms with Gasteiger partial charge >= 0.3 is 0 Å². The molecule has 128 valence electrons. The molecule has 0 spiro atoms. The van der Waals surface area contributed by atoms with Crippen LogP contribution in [0.1, 0.15) is 19.4 Å². The number of hydrogen-bond donors (Lipinski definition) is 1. The van der Waals surface area contributed by atoms with Crippen molar-refractivity contribution in [3.05, 3.63) is 48.3 Å². The van der Waals surface area contributed by atoms with Gasteiger partial charge in [-0.25, -0.2) is 17.7 Å². The van der Waals surface area contributed by atoms with Gasteiger partial charge in [-0.15, -0.1) is 0 Å². The summed E-state index contributed by atoms with van der Waals surface area (Å²) in [7, 11) is -3.84. The van der Waals surface area contributed by atoms with E-state index in [1.807, 2.05) is 26.0 Å². The Kier molecular flexibility index (Phi) is 3.23. The fraction of sp³-hybridized carbons (Fsp3) is 0.235. The van der Waals surface area contributed by atoms with E-state index in [1.165, 1.54) is 4.31 Å². The summed E-state index contributed by atoms with van der Waals surface area (Å²) in [6, 6.07) is 8.74. The van der Waals surface area contributed by atoms with E-state index >= 15 is 0 Å². The zero-order valence-corrected chi connectivity index (χ0v) is 14.7. The number of hydrogen-bond acceptors (Lipinski definition) is 6. The van der Waals surface area contributed by atoms with Crippen LogP contribution in [0.15, 0.2) is 47.6 Å². The molecular formula is C17H17N5O2S. The summed E-state index contributed by atoms with van der Waals surface area (Å²) in [5.41, 5.74) is 6.49. The van der Waals surface area contributed by atoms with Crippen molar-refractivity contribution in [2.45, 2.75) is 24.2 Å². The summed E-state index contributed by atoms with van der Waals surface area (Å²) in [4.78, 5) is 12.6. The number of rotatable bonds is 2. The van der Waals surface area contributed by atoms with Crippen LogP contribution in [0.3, 0.4) is 0 Å². The average Bonchev–Trinajstić information content (AvgIpc) is 2.85. The molecule has 2 N–H and O–H groups in total. The van der Waals surface area contributed by atoms with Crippen molar-refractivity contribution in [2.24, 2.45) is 0 Å². The topological polar surface area (TPSA) is 102 Å². The molecule has 0 bridgehead atoms. The summed E-state index contributed by atoms with van der Waals surface area (Å²) in [6.45, 7) is 4.19. The zero-order valence-electron chi connectivity index (χ0n) is 13.8. The Balaban J connectivity index is 1.94. The molecule has 3 aromatic rings. The Morgan fingerprint density at radius 1 is 1.16 bits per heavy atom. The minimum absolute atomic E-state index is 0.0488. The molecule has 2 aromatic heterocycles. The van der Waals surface area contributed by atoms with Gasteiger partial charge in [0.2, 0.25) is 5.95 Å². The molecule has 0 saturated heterocycles. The van der Waals surface area contributed by atoms with Crippen LogP contribution in [-0.2, 0) is 15.4 Å². The standard InChI is InChI=1S/C17H17N5O2S/c1-17(2)10-22(15-12(17)9-20-16(18)21-15)25(23,24)13-7-3-5-11-6-4-8-19-14(11)13/h3-9H,10H2,1-2H3,(H2,18,20,21). The van der Waals surface area contributed by atoms with Crippen molar-refractivity contribution in [1.29, 1.82) is 0 Å². The predicted octanol–water partition coefficient (Wildman–Crippen LogP) is 2.09. The molecule has 0 fully saturated rings. The number of sulfonamides is 1. The Morgan fingerprint density at radius 3 is 2.72 bits per heavy atom. The van der Waals surface area contributed by atoms with E-state index in [1.54, 1.807) is 30.6 Å². The predicted molar refractivity (Wildman–Crippen MR) is 95.7 cm³/mol. The first-order chi connectivity index (χ1) is 11.8. The number of nitrogens with two attached hydrogens (primary N) is 1. The molecule has 1 aliphatic heterocycles. The third kappa shape index (κ3) is 2.32. The molecule has 1 aliphatic rings. The lowest BCUT2D eigenvalue weighted by molar-refractivity contribution is 0.554. The molecule has 0 saturated carbocycles. The minimum atomic E-state index is -3.84. The van der Waals surface area contributed by atoms with E-state index in [4.69, 9.17) is 5.73 Å². The second-order valence-corrected chi connectivity index (χ2v) is 8.52. The van der Waals surface area contributed by atoms with Crippen LogP contribution in [0.5, 0.6) is 0 Å². The summed E-state index contributed by atoms with van der Waals surface area (Å²) in [5, 5.41) is 0.768. The molecule has 0 unspecified atom stereocenters. The lowest BCUT2D eigenvalue weighted by atomic mass is 9.89. The van der Waals surface area contributed by atoms with Crippen molar-refractivity contribution >= 4 is 32.7 Å². The Morgan fingerprint density at radius 2 is 1.92 bits per heavy atom. The highest BCUT2D eigenvalue weighted by Gasteiger charge is 2.43. The quantitative estimate of drug-likeness (QED) is 0.755. The zero-order chi connectivity index (χ0) is 17.8. The van der Waals surface area contributed by atoms with Gasteiger partial charge in [0, 0.05) is 35.3 Å². The first-order valence-corrected chi connectivity index (χ1v) is 9.24. The Bertz CT molecular complexity index is 1090. The monoisotopic (exact) mass is 355 g/mol. The average molecular weight is 355 g/mol. The number of nitrogens with zero attached hydrogens (tertiary/aromatic N) is 4. The van der Waals surface area contributed by atoms with Gasteiger partial charge in [0.25, 0.3) is 10.0 Å². The molecule has 0 radical (unpaired) electrons. The largest absolute Gasteiger partial charge is 0.368 e. The third-order valence-electron chi connectivity index (χ3n) is 4.46. The van der Waals surface area contributed by atoms with Crippen molar-refractivity contribution in [2.75, 3.05) is 16.6 Å². The van der Waals surface area contributed by atoms with E-state index in [2.05, 4.69) is 15.0 Å². The number of nitrogen functional groups attached to an aromatic ring is 1. The molecule has 0 atom stereocenters. The SMILES string of the molecule is CC1(C)CN(S(=O)(=O)c2cccc3cccnc23)c2nc(N)ncc21. The highest BCUT2D eigenvalue weighted by molar-refractivity contribution is 7.93. The molecular weight excluding hydrogens is 338 g/mol. The maximum atomic E-state index is 13.4. The number of aromatic nitrogens is 3. The second kappa shape index (κ2) is 5.13. The molecule has 4 rings (SSSR count). The van der Waals surface area contributed by atoms with Crippen molar-refractivity contribution in [3.8, 4) is 0 Å². The lowest BCUT2D eigenvalue weighted by Gasteiger charge is -2.22. The molecule has 0 aliphatic carbocycles. The van der Waals surface area contributed by atoms with Crippen LogP contribution in [0.4, 0.5) is 11.8 Å². The van der Waals surface area contributed by atoms with Crippen LogP contribution < -0.4 is 10.0 Å². The van der Waals surface area contributed by atoms with Gasteiger partial charge in [0.1, 0.15) is 4.90 Å². The molecule has 3 heterocycles. The summed E-state index contributed by atoms with van der Waals surface area (Å²) < 4.78 is 28.1. The van der Waals surface area contributed by atoms with Gasteiger partial charge in [0.15, 0.2) is 5.82 Å². The first kappa shape index (κ1) is 15.8. The van der Waals surface area contributed by atoms with Crippen LogP contribution >= 0.6 is 0 Å². The molecule has 0 amide bonds. The second-order valence-electron chi connectivity index (χ2n) is 6.69. The van der Waals surface area contributed by atoms with Gasteiger partial charge in [-0.1, -0.05) is 32.0 Å². The minimum Gasteiger partial charge on any atom is -0.368 e. The Labute approximate surface area is 145 Å². The third-order valence-corrected chi connectivity index (χ3v) is 6.22. The lowest BCUT2D eigenvalue weighted by Crippen LogP contribution is -2.34. The smallest absolute Gasteiger partial charge is 0.267 e. The number of fused-ring (bicyclic) bond motifs is 2. The maximum Gasteiger partial charge on any atom is 0.267 e. The van der Waals surface area contributed by atoms with Gasteiger partial charge in [-0.2, -0.15) is 4.98 Å². The highest BCUT2D eigenvalue weighted by atomic mass is 32.2. The van der Waals surface area contributed by atoms with E-state index in [0.717, 1.165) is 10.9 Å². The molecule has 7 nitrogen and oxygen atoms in total. The number of benzene rings is 1. The number of anilines is 2. The van der Waals surface area contributed by atoms with Gasteiger partial charge in [0.05, 0.1) is 5.52 Å². The van der Waals surface area contributed by atoms with Crippen LogP contribution in [0.25, 0.3) is 10.9 Å². The van der Waals surface area contributed by atoms with Crippen LogP contribution in [0.2, 0.25) is 0 Å². The summed E-state index contributed by atoms with van der Waals surface area (Å²) >= 11 is 0. The summed E-state index contributed by atoms with van der Waals surface area (Å²) in [5.74, 6) is 0.387. The molecule has 25 heavy (non-hydrogen) atoms. The van der Waals surface area contributed by atoms with Gasteiger partial charge < -0.3 is 5.73 Å². The maximum absolute atomic E-state index is 13.4. The van der Waals surface area contributed by atoms with Crippen molar-refractivity contribution in [1.82, 2.24) is 15.0 Å².